The summed E-state index contributed by atoms with van der Waals surface area (Å²) in [5.41, 5.74) is 4.80. The van der Waals surface area contributed by atoms with E-state index in [1.807, 2.05) is 69.3 Å². The Hall–Kier alpha value is -3.21. The minimum Gasteiger partial charge on any atom is -0.323 e. The van der Waals surface area contributed by atoms with Crippen LogP contribution in [0.25, 0.3) is 0 Å². The first-order valence-electron chi connectivity index (χ1n) is 8.07. The van der Waals surface area contributed by atoms with Gasteiger partial charge >= 0.3 is 0 Å². The zero-order chi connectivity index (χ0) is 17.8. The minimum absolute atomic E-state index is 0.182. The first kappa shape index (κ1) is 16.6. The summed E-state index contributed by atoms with van der Waals surface area (Å²) in [7, 11) is 0. The highest BCUT2D eigenvalue weighted by Crippen LogP contribution is 2.21. The Morgan fingerprint density at radius 2 is 1.60 bits per heavy atom. The normalized spacial score (nSPS) is 10.4. The van der Waals surface area contributed by atoms with Gasteiger partial charge in [0, 0.05) is 17.1 Å². The third kappa shape index (κ3) is 4.20. The molecule has 0 aliphatic carbocycles. The number of carbonyl (C=O) groups is 1. The van der Waals surface area contributed by atoms with E-state index in [0.717, 1.165) is 22.6 Å². The van der Waals surface area contributed by atoms with Crippen LogP contribution in [0.3, 0.4) is 0 Å². The van der Waals surface area contributed by atoms with Crippen molar-refractivity contribution in [1.82, 2.24) is 9.97 Å². The molecule has 0 fully saturated rings. The number of aryl methyl sites for hydroxylation is 3. The van der Waals surface area contributed by atoms with Gasteiger partial charge in [-0.1, -0.05) is 24.3 Å². The van der Waals surface area contributed by atoms with Crippen molar-refractivity contribution in [2.24, 2.45) is 0 Å². The molecule has 1 aromatic heterocycles. The lowest BCUT2D eigenvalue weighted by Crippen LogP contribution is -2.14. The summed E-state index contributed by atoms with van der Waals surface area (Å²) in [5, 5.41) is 6.08. The molecule has 0 aliphatic rings. The lowest BCUT2D eigenvalue weighted by molar-refractivity contribution is 0.102. The summed E-state index contributed by atoms with van der Waals surface area (Å²) in [6.45, 7) is 5.81. The topological polar surface area (TPSA) is 66.9 Å². The highest BCUT2D eigenvalue weighted by molar-refractivity contribution is 6.08. The summed E-state index contributed by atoms with van der Waals surface area (Å²) in [6, 6.07) is 16.9. The van der Waals surface area contributed by atoms with Gasteiger partial charge in [0.05, 0.1) is 11.3 Å². The zero-order valence-electron chi connectivity index (χ0n) is 14.5. The molecule has 0 atom stereocenters. The van der Waals surface area contributed by atoms with Crippen molar-refractivity contribution in [3.8, 4) is 0 Å². The van der Waals surface area contributed by atoms with Gasteiger partial charge in [-0.05, 0) is 56.7 Å². The van der Waals surface area contributed by atoms with Gasteiger partial charge in [-0.2, -0.15) is 0 Å². The van der Waals surface area contributed by atoms with Crippen LogP contribution in [-0.4, -0.2) is 15.9 Å². The molecule has 0 radical (unpaired) electrons. The van der Waals surface area contributed by atoms with Crippen molar-refractivity contribution in [1.29, 1.82) is 0 Å². The first-order valence-corrected chi connectivity index (χ1v) is 8.07. The molecule has 0 spiro atoms. The van der Waals surface area contributed by atoms with Crippen LogP contribution in [0.2, 0.25) is 0 Å². The molecule has 3 rings (SSSR count). The van der Waals surface area contributed by atoms with Crippen LogP contribution in [-0.2, 0) is 0 Å². The molecule has 0 saturated carbocycles. The number of nitrogens with zero attached hydrogens (tertiary/aromatic N) is 2. The van der Waals surface area contributed by atoms with Crippen molar-refractivity contribution >= 4 is 23.2 Å². The molecule has 0 aliphatic heterocycles. The monoisotopic (exact) mass is 332 g/mol. The number of benzene rings is 2. The number of para-hydroxylation sites is 1. The Morgan fingerprint density at radius 3 is 2.32 bits per heavy atom. The molecule has 0 unspecified atom stereocenters. The molecule has 126 valence electrons. The lowest BCUT2D eigenvalue weighted by Gasteiger charge is -2.12. The van der Waals surface area contributed by atoms with Crippen LogP contribution in [0.5, 0.6) is 0 Å². The van der Waals surface area contributed by atoms with E-state index in [4.69, 9.17) is 0 Å². The molecular formula is C20H20N4O. The van der Waals surface area contributed by atoms with Gasteiger partial charge in [-0.25, -0.2) is 9.97 Å². The van der Waals surface area contributed by atoms with Gasteiger partial charge in [0.25, 0.3) is 5.91 Å². The number of rotatable bonds is 4. The molecule has 5 heteroatoms. The first-order chi connectivity index (χ1) is 12.0. The van der Waals surface area contributed by atoms with Crippen molar-refractivity contribution in [2.45, 2.75) is 20.8 Å². The van der Waals surface area contributed by atoms with Crippen LogP contribution in [0.15, 0.2) is 54.6 Å². The van der Waals surface area contributed by atoms with Crippen LogP contribution in [0.4, 0.5) is 17.3 Å². The van der Waals surface area contributed by atoms with Crippen LogP contribution < -0.4 is 10.6 Å². The standard InChI is InChI=1S/C20H20N4O/c1-13-7-6-8-16(11-13)23-19(25)17-9-4-5-10-18(17)24-20-21-14(2)12-15(3)22-20/h4-12H,1-3H3,(H,23,25)(H,21,22,24). The molecular weight excluding hydrogens is 312 g/mol. The highest BCUT2D eigenvalue weighted by Gasteiger charge is 2.12. The second kappa shape index (κ2) is 7.13. The predicted molar refractivity (Wildman–Crippen MR) is 100 cm³/mol. The third-order valence-electron chi connectivity index (χ3n) is 3.68. The summed E-state index contributed by atoms with van der Waals surface area (Å²) in [4.78, 5) is 21.4. The number of amides is 1. The van der Waals surface area contributed by atoms with Gasteiger partial charge < -0.3 is 10.6 Å². The maximum Gasteiger partial charge on any atom is 0.257 e. The average Bonchev–Trinajstić information content (AvgIpc) is 2.54. The SMILES string of the molecule is Cc1cccc(NC(=O)c2ccccc2Nc2nc(C)cc(C)n2)c1. The van der Waals surface area contributed by atoms with Crippen molar-refractivity contribution in [3.63, 3.8) is 0 Å². The Bertz CT molecular complexity index is 901. The Labute approximate surface area is 147 Å². The Kier molecular flexibility index (Phi) is 4.75. The quantitative estimate of drug-likeness (QED) is 0.743. The van der Waals surface area contributed by atoms with Gasteiger partial charge in [-0.3, -0.25) is 4.79 Å². The third-order valence-corrected chi connectivity index (χ3v) is 3.68. The summed E-state index contributed by atoms with van der Waals surface area (Å²) in [6.07, 6.45) is 0. The molecule has 0 saturated heterocycles. The van der Waals surface area contributed by atoms with Crippen LogP contribution in [0.1, 0.15) is 27.3 Å². The number of aromatic nitrogens is 2. The maximum absolute atomic E-state index is 12.7. The smallest absolute Gasteiger partial charge is 0.257 e. The van der Waals surface area contributed by atoms with Crippen LogP contribution in [0, 0.1) is 20.8 Å². The second-order valence-electron chi connectivity index (χ2n) is 5.97. The maximum atomic E-state index is 12.7. The fraction of sp³-hybridized carbons (Fsp3) is 0.150. The average molecular weight is 332 g/mol. The van der Waals surface area contributed by atoms with Gasteiger partial charge in [0.2, 0.25) is 5.95 Å². The minimum atomic E-state index is -0.182. The van der Waals surface area contributed by atoms with E-state index in [-0.39, 0.29) is 5.91 Å². The fourth-order valence-electron chi connectivity index (χ4n) is 2.61. The molecule has 5 nitrogen and oxygen atoms in total. The van der Waals surface area contributed by atoms with E-state index in [0.29, 0.717) is 17.2 Å². The van der Waals surface area contributed by atoms with E-state index in [1.165, 1.54) is 0 Å². The molecule has 2 aromatic carbocycles. The molecule has 1 amide bonds. The number of carbonyl (C=O) groups excluding carboxylic acids is 1. The fourth-order valence-corrected chi connectivity index (χ4v) is 2.61. The van der Waals surface area contributed by atoms with Gasteiger partial charge in [-0.15, -0.1) is 0 Å². The van der Waals surface area contributed by atoms with Gasteiger partial charge in [0.1, 0.15) is 0 Å². The van der Waals surface area contributed by atoms with E-state index in [2.05, 4.69) is 20.6 Å². The highest BCUT2D eigenvalue weighted by atomic mass is 16.1. The van der Waals surface area contributed by atoms with E-state index >= 15 is 0 Å². The number of hydrogen-bond acceptors (Lipinski definition) is 4. The van der Waals surface area contributed by atoms with Crippen molar-refractivity contribution in [3.05, 3.63) is 77.1 Å². The van der Waals surface area contributed by atoms with Crippen LogP contribution >= 0.6 is 0 Å². The summed E-state index contributed by atoms with van der Waals surface area (Å²) < 4.78 is 0. The van der Waals surface area contributed by atoms with Crippen molar-refractivity contribution < 1.29 is 4.79 Å². The second-order valence-corrected chi connectivity index (χ2v) is 5.97. The molecule has 2 N–H and O–H groups in total. The van der Waals surface area contributed by atoms with E-state index in [1.54, 1.807) is 6.07 Å². The Balaban J connectivity index is 1.86. The van der Waals surface area contributed by atoms with E-state index < -0.39 is 0 Å². The number of nitrogens with one attached hydrogen (secondary N) is 2. The Morgan fingerprint density at radius 1 is 0.880 bits per heavy atom. The number of hydrogen-bond donors (Lipinski definition) is 2. The largest absolute Gasteiger partial charge is 0.323 e. The molecule has 25 heavy (non-hydrogen) atoms. The van der Waals surface area contributed by atoms with E-state index in [9.17, 15) is 4.79 Å². The summed E-state index contributed by atoms with van der Waals surface area (Å²) >= 11 is 0. The summed E-state index contributed by atoms with van der Waals surface area (Å²) in [5.74, 6) is 0.298. The lowest BCUT2D eigenvalue weighted by atomic mass is 10.1. The predicted octanol–water partition coefficient (Wildman–Crippen LogP) is 4.40. The number of anilines is 3. The molecule has 3 aromatic rings. The van der Waals surface area contributed by atoms with Gasteiger partial charge in [0.15, 0.2) is 0 Å². The molecule has 0 bridgehead atoms. The van der Waals surface area contributed by atoms with Crippen molar-refractivity contribution in [2.75, 3.05) is 10.6 Å². The molecule has 1 heterocycles. The zero-order valence-corrected chi connectivity index (χ0v) is 14.5.